The molecule has 7 nitrogen and oxygen atoms in total. The predicted octanol–water partition coefficient (Wildman–Crippen LogP) is 2.84. The van der Waals surface area contributed by atoms with Crippen molar-refractivity contribution < 1.29 is 14.3 Å². The van der Waals surface area contributed by atoms with Gasteiger partial charge in [0, 0.05) is 32.8 Å². The molecule has 1 aliphatic heterocycles. The van der Waals surface area contributed by atoms with Crippen molar-refractivity contribution in [1.82, 2.24) is 15.5 Å². The smallest absolute Gasteiger partial charge is 0.409 e. The summed E-state index contributed by atoms with van der Waals surface area (Å²) in [5, 5.41) is 6.78. The number of halogens is 1. The molecular formula is C18H37IN4O3. The van der Waals surface area contributed by atoms with Crippen LogP contribution in [-0.4, -0.2) is 69.0 Å². The number of amides is 1. The fraction of sp³-hybridized carbons (Fsp3) is 0.889. The molecule has 2 N–H and O–H groups in total. The summed E-state index contributed by atoms with van der Waals surface area (Å²) in [6, 6.07) is 0.305. The zero-order chi connectivity index (χ0) is 18.9. The van der Waals surface area contributed by atoms with E-state index in [0.717, 1.165) is 25.3 Å². The van der Waals surface area contributed by atoms with Crippen molar-refractivity contribution in [2.45, 2.75) is 59.6 Å². The van der Waals surface area contributed by atoms with E-state index in [1.54, 1.807) is 12.0 Å². The van der Waals surface area contributed by atoms with Crippen LogP contribution in [0.2, 0.25) is 0 Å². The Labute approximate surface area is 175 Å². The number of piperidine rings is 1. The lowest BCUT2D eigenvalue weighted by molar-refractivity contribution is 0.0241. The quantitative estimate of drug-likeness (QED) is 0.345. The summed E-state index contributed by atoms with van der Waals surface area (Å²) >= 11 is 0. The van der Waals surface area contributed by atoms with Crippen LogP contribution in [0, 0.1) is 5.41 Å². The molecular weight excluding hydrogens is 447 g/mol. The third kappa shape index (κ3) is 8.75. The Morgan fingerprint density at radius 2 is 1.88 bits per heavy atom. The zero-order valence-corrected chi connectivity index (χ0v) is 19.5. The molecule has 0 spiro atoms. The minimum absolute atomic E-state index is 0. The van der Waals surface area contributed by atoms with Crippen LogP contribution < -0.4 is 10.6 Å². The van der Waals surface area contributed by atoms with Crippen LogP contribution in [-0.2, 0) is 9.47 Å². The third-order valence-corrected chi connectivity index (χ3v) is 4.37. The summed E-state index contributed by atoms with van der Waals surface area (Å²) in [5.41, 5.74) is 0.0422. The number of nitrogens with one attached hydrogen (secondary N) is 2. The summed E-state index contributed by atoms with van der Waals surface area (Å²) in [4.78, 5) is 18.2. The molecule has 1 atom stereocenters. The largest absolute Gasteiger partial charge is 0.450 e. The highest BCUT2D eigenvalue weighted by Crippen LogP contribution is 2.21. The molecule has 1 unspecified atom stereocenters. The van der Waals surface area contributed by atoms with Crippen LogP contribution in [0.4, 0.5) is 4.79 Å². The molecule has 0 saturated carbocycles. The molecule has 1 saturated heterocycles. The van der Waals surface area contributed by atoms with E-state index < -0.39 is 0 Å². The Kier molecular flexibility index (Phi) is 12.2. The van der Waals surface area contributed by atoms with E-state index >= 15 is 0 Å². The zero-order valence-electron chi connectivity index (χ0n) is 17.1. The molecule has 0 aromatic carbocycles. The summed E-state index contributed by atoms with van der Waals surface area (Å²) in [6.07, 6.45) is 1.62. The molecule has 0 radical (unpaired) electrons. The topological polar surface area (TPSA) is 75.2 Å². The number of likely N-dealkylation sites (tertiary alicyclic amines) is 1. The lowest BCUT2D eigenvalue weighted by Crippen LogP contribution is -2.50. The minimum Gasteiger partial charge on any atom is -0.450 e. The third-order valence-electron chi connectivity index (χ3n) is 4.37. The normalized spacial score (nSPS) is 17.3. The van der Waals surface area contributed by atoms with E-state index in [2.05, 4.69) is 38.3 Å². The van der Waals surface area contributed by atoms with Crippen LogP contribution in [0.25, 0.3) is 0 Å². The summed E-state index contributed by atoms with van der Waals surface area (Å²) < 4.78 is 10.6. The Bertz CT molecular complexity index is 433. The molecule has 1 heterocycles. The van der Waals surface area contributed by atoms with E-state index in [4.69, 9.17) is 14.5 Å². The standard InChI is InChI=1S/C18H36N4O3.HI/c1-7-19-16(20-13-15(24-6)18(3,4)5)21-14-9-11-22(12-10-14)17(23)25-8-2;/h14-15H,7-13H2,1-6H3,(H2,19,20,21);1H. The van der Waals surface area contributed by atoms with Crippen LogP contribution in [0.5, 0.6) is 0 Å². The Hall–Kier alpha value is -0.770. The average Bonchev–Trinajstić information content (AvgIpc) is 2.55. The lowest BCUT2D eigenvalue weighted by Gasteiger charge is -2.32. The maximum absolute atomic E-state index is 11.8. The van der Waals surface area contributed by atoms with Gasteiger partial charge in [0.25, 0.3) is 0 Å². The first-order valence-electron chi connectivity index (χ1n) is 9.31. The Morgan fingerprint density at radius 1 is 1.27 bits per heavy atom. The SMILES string of the molecule is CCNC(=NCC(OC)C(C)(C)C)NC1CCN(C(=O)OCC)CC1.I. The number of rotatable bonds is 6. The highest BCUT2D eigenvalue weighted by Gasteiger charge is 2.26. The Balaban J connectivity index is 0.00000625. The molecule has 1 aliphatic rings. The van der Waals surface area contributed by atoms with Gasteiger partial charge in [-0.15, -0.1) is 24.0 Å². The van der Waals surface area contributed by atoms with Gasteiger partial charge in [0.1, 0.15) is 0 Å². The second-order valence-corrected chi connectivity index (χ2v) is 7.41. The summed E-state index contributed by atoms with van der Waals surface area (Å²) in [7, 11) is 1.73. The van der Waals surface area contributed by atoms with Crippen LogP contribution in [0.1, 0.15) is 47.5 Å². The molecule has 1 fully saturated rings. The van der Waals surface area contributed by atoms with E-state index in [1.807, 2.05) is 6.92 Å². The average molecular weight is 484 g/mol. The molecule has 1 amide bonds. The fourth-order valence-corrected chi connectivity index (χ4v) is 2.81. The van der Waals surface area contributed by atoms with E-state index in [1.165, 1.54) is 0 Å². The van der Waals surface area contributed by atoms with Gasteiger partial charge in [-0.2, -0.15) is 0 Å². The molecule has 26 heavy (non-hydrogen) atoms. The van der Waals surface area contributed by atoms with Gasteiger partial charge in [-0.3, -0.25) is 4.99 Å². The second-order valence-electron chi connectivity index (χ2n) is 7.41. The first-order valence-corrected chi connectivity index (χ1v) is 9.31. The molecule has 0 aromatic heterocycles. The van der Waals surface area contributed by atoms with Gasteiger partial charge >= 0.3 is 6.09 Å². The molecule has 1 rings (SSSR count). The maximum Gasteiger partial charge on any atom is 0.409 e. The molecule has 154 valence electrons. The maximum atomic E-state index is 11.8. The number of methoxy groups -OCH3 is 1. The van der Waals surface area contributed by atoms with Crippen molar-refractivity contribution in [3.05, 3.63) is 0 Å². The van der Waals surface area contributed by atoms with Gasteiger partial charge < -0.3 is 25.0 Å². The number of ether oxygens (including phenoxy) is 2. The molecule has 0 bridgehead atoms. The van der Waals surface area contributed by atoms with Gasteiger partial charge in [-0.1, -0.05) is 20.8 Å². The van der Waals surface area contributed by atoms with Crippen molar-refractivity contribution >= 4 is 36.0 Å². The van der Waals surface area contributed by atoms with Gasteiger partial charge in [0.05, 0.1) is 19.3 Å². The van der Waals surface area contributed by atoms with Gasteiger partial charge in [0.15, 0.2) is 5.96 Å². The van der Waals surface area contributed by atoms with Crippen molar-refractivity contribution in [3.63, 3.8) is 0 Å². The van der Waals surface area contributed by atoms with E-state index in [9.17, 15) is 4.79 Å². The van der Waals surface area contributed by atoms with Gasteiger partial charge in [0.2, 0.25) is 0 Å². The highest BCUT2D eigenvalue weighted by molar-refractivity contribution is 14.0. The summed E-state index contributed by atoms with van der Waals surface area (Å²) in [6.45, 7) is 13.6. The van der Waals surface area contributed by atoms with Gasteiger partial charge in [-0.25, -0.2) is 4.79 Å². The number of hydrogen-bond acceptors (Lipinski definition) is 4. The van der Waals surface area contributed by atoms with E-state index in [-0.39, 0.29) is 41.6 Å². The first kappa shape index (κ1) is 25.2. The van der Waals surface area contributed by atoms with Crippen molar-refractivity contribution in [2.75, 3.05) is 39.9 Å². The van der Waals surface area contributed by atoms with E-state index in [0.29, 0.717) is 32.3 Å². The second kappa shape index (κ2) is 12.6. The molecule has 0 aromatic rings. The number of aliphatic imine (C=N–C) groups is 1. The van der Waals surface area contributed by atoms with Crippen LogP contribution >= 0.6 is 24.0 Å². The minimum atomic E-state index is -0.213. The highest BCUT2D eigenvalue weighted by atomic mass is 127. The first-order chi connectivity index (χ1) is 11.8. The number of hydrogen-bond donors (Lipinski definition) is 2. The van der Waals surface area contributed by atoms with Gasteiger partial charge in [-0.05, 0) is 32.1 Å². The van der Waals surface area contributed by atoms with Crippen molar-refractivity contribution in [1.29, 1.82) is 0 Å². The molecule has 8 heteroatoms. The van der Waals surface area contributed by atoms with Crippen LogP contribution in [0.15, 0.2) is 4.99 Å². The predicted molar refractivity (Wildman–Crippen MR) is 116 cm³/mol. The van der Waals surface area contributed by atoms with Crippen molar-refractivity contribution in [2.24, 2.45) is 10.4 Å². The number of nitrogens with zero attached hydrogens (tertiary/aromatic N) is 2. The number of guanidine groups is 1. The number of carbonyl (C=O) groups excluding carboxylic acids is 1. The van der Waals surface area contributed by atoms with Crippen LogP contribution in [0.3, 0.4) is 0 Å². The number of carbonyl (C=O) groups is 1. The lowest BCUT2D eigenvalue weighted by atomic mass is 9.89. The fourth-order valence-electron chi connectivity index (χ4n) is 2.81. The molecule has 0 aliphatic carbocycles. The Morgan fingerprint density at radius 3 is 2.35 bits per heavy atom. The summed E-state index contributed by atoms with van der Waals surface area (Å²) in [5.74, 6) is 0.809. The monoisotopic (exact) mass is 484 g/mol. The van der Waals surface area contributed by atoms with Crippen molar-refractivity contribution in [3.8, 4) is 0 Å².